The van der Waals surface area contributed by atoms with Gasteiger partial charge in [-0.25, -0.2) is 0 Å². The quantitative estimate of drug-likeness (QED) is 0.717. The van der Waals surface area contributed by atoms with Crippen molar-refractivity contribution in [2.75, 3.05) is 32.8 Å². The minimum atomic E-state index is -0.152. The summed E-state index contributed by atoms with van der Waals surface area (Å²) in [5, 5.41) is 6.18. The van der Waals surface area contributed by atoms with Crippen molar-refractivity contribution < 1.29 is 14.3 Å². The summed E-state index contributed by atoms with van der Waals surface area (Å²) in [5.41, 5.74) is -0.152. The summed E-state index contributed by atoms with van der Waals surface area (Å²) in [7, 11) is 0. The molecule has 1 aliphatic carbocycles. The predicted octanol–water partition coefficient (Wildman–Crippen LogP) is 0.296. The van der Waals surface area contributed by atoms with Gasteiger partial charge in [0.1, 0.15) is 6.61 Å². The fourth-order valence-corrected chi connectivity index (χ4v) is 2.08. The van der Waals surface area contributed by atoms with Crippen molar-refractivity contribution in [1.82, 2.24) is 10.6 Å². The predicted molar refractivity (Wildman–Crippen MR) is 68.4 cm³/mol. The van der Waals surface area contributed by atoms with Crippen LogP contribution in [-0.4, -0.2) is 50.5 Å². The SMILES string of the molecule is CC1(C)CNCC(COCC(=O)NCC2CC2)O1. The van der Waals surface area contributed by atoms with Crippen LogP contribution >= 0.6 is 0 Å². The molecule has 2 rings (SSSR count). The first-order chi connectivity index (χ1) is 8.55. The number of morpholine rings is 1. The lowest BCUT2D eigenvalue weighted by Gasteiger charge is -2.36. The van der Waals surface area contributed by atoms with Crippen LogP contribution in [0.1, 0.15) is 26.7 Å². The van der Waals surface area contributed by atoms with E-state index in [1.54, 1.807) is 0 Å². The largest absolute Gasteiger partial charge is 0.369 e. The molecule has 1 saturated carbocycles. The summed E-state index contributed by atoms with van der Waals surface area (Å²) < 4.78 is 11.2. The normalized spacial score (nSPS) is 26.9. The van der Waals surface area contributed by atoms with E-state index in [0.29, 0.717) is 12.5 Å². The molecule has 104 valence electrons. The standard InChI is InChI=1S/C13H24N2O3/c1-13(2)9-14-6-11(18-13)7-17-8-12(16)15-5-10-3-4-10/h10-11,14H,3-9H2,1-2H3,(H,15,16). The number of hydrogen-bond donors (Lipinski definition) is 2. The maximum absolute atomic E-state index is 11.5. The second-order valence-corrected chi connectivity index (χ2v) is 5.89. The number of hydrogen-bond acceptors (Lipinski definition) is 4. The van der Waals surface area contributed by atoms with Crippen molar-refractivity contribution in [3.63, 3.8) is 0 Å². The lowest BCUT2D eigenvalue weighted by Crippen LogP contribution is -2.52. The van der Waals surface area contributed by atoms with Crippen LogP contribution in [-0.2, 0) is 14.3 Å². The molecule has 0 aromatic heterocycles. The number of rotatable bonds is 6. The molecule has 0 spiro atoms. The summed E-state index contributed by atoms with van der Waals surface area (Å²) in [5.74, 6) is 0.686. The first kappa shape index (κ1) is 13.8. The molecule has 0 aromatic rings. The molecule has 2 aliphatic rings. The van der Waals surface area contributed by atoms with E-state index in [4.69, 9.17) is 9.47 Å². The van der Waals surface area contributed by atoms with E-state index in [0.717, 1.165) is 19.6 Å². The van der Waals surface area contributed by atoms with Crippen LogP contribution in [0.2, 0.25) is 0 Å². The Hall–Kier alpha value is -0.650. The summed E-state index contributed by atoms with van der Waals surface area (Å²) in [6.07, 6.45) is 2.53. The molecule has 0 bridgehead atoms. The van der Waals surface area contributed by atoms with Gasteiger partial charge < -0.3 is 20.1 Å². The van der Waals surface area contributed by atoms with E-state index >= 15 is 0 Å². The second kappa shape index (κ2) is 5.99. The Morgan fingerprint density at radius 1 is 1.50 bits per heavy atom. The van der Waals surface area contributed by atoms with Crippen molar-refractivity contribution in [3.8, 4) is 0 Å². The molecule has 1 heterocycles. The van der Waals surface area contributed by atoms with Gasteiger partial charge in [-0.05, 0) is 32.6 Å². The summed E-state index contributed by atoms with van der Waals surface area (Å²) in [4.78, 5) is 11.5. The molecule has 5 heteroatoms. The molecule has 0 aromatic carbocycles. The molecule has 2 N–H and O–H groups in total. The Bertz CT molecular complexity index is 290. The molecular formula is C13H24N2O3. The lowest BCUT2D eigenvalue weighted by molar-refractivity contribution is -0.135. The zero-order valence-corrected chi connectivity index (χ0v) is 11.3. The van der Waals surface area contributed by atoms with Crippen molar-refractivity contribution in [2.45, 2.75) is 38.4 Å². The molecule has 1 saturated heterocycles. The van der Waals surface area contributed by atoms with Crippen LogP contribution in [0.25, 0.3) is 0 Å². The fraction of sp³-hybridized carbons (Fsp3) is 0.923. The van der Waals surface area contributed by atoms with Gasteiger partial charge in [-0.1, -0.05) is 0 Å². The van der Waals surface area contributed by atoms with Gasteiger partial charge in [-0.15, -0.1) is 0 Å². The molecular weight excluding hydrogens is 232 g/mol. The van der Waals surface area contributed by atoms with Crippen LogP contribution in [0.5, 0.6) is 0 Å². The molecule has 0 radical (unpaired) electrons. The maximum atomic E-state index is 11.5. The summed E-state index contributed by atoms with van der Waals surface area (Å²) in [6, 6.07) is 0. The van der Waals surface area contributed by atoms with Gasteiger partial charge in [0.15, 0.2) is 0 Å². The van der Waals surface area contributed by atoms with Crippen LogP contribution < -0.4 is 10.6 Å². The Labute approximate surface area is 109 Å². The van der Waals surface area contributed by atoms with Crippen LogP contribution in [0.3, 0.4) is 0 Å². The molecule has 1 amide bonds. The molecule has 1 aliphatic heterocycles. The number of carbonyl (C=O) groups excluding carboxylic acids is 1. The van der Waals surface area contributed by atoms with E-state index in [2.05, 4.69) is 24.5 Å². The van der Waals surface area contributed by atoms with E-state index in [1.807, 2.05) is 0 Å². The van der Waals surface area contributed by atoms with E-state index in [1.165, 1.54) is 12.8 Å². The number of nitrogens with one attached hydrogen (secondary N) is 2. The van der Waals surface area contributed by atoms with Crippen molar-refractivity contribution >= 4 is 5.91 Å². The third-order valence-electron chi connectivity index (χ3n) is 3.23. The van der Waals surface area contributed by atoms with Gasteiger partial charge in [0.25, 0.3) is 0 Å². The van der Waals surface area contributed by atoms with E-state index in [-0.39, 0.29) is 24.2 Å². The second-order valence-electron chi connectivity index (χ2n) is 5.89. The van der Waals surface area contributed by atoms with Crippen LogP contribution in [0.15, 0.2) is 0 Å². The zero-order valence-electron chi connectivity index (χ0n) is 11.3. The average molecular weight is 256 g/mol. The van der Waals surface area contributed by atoms with Crippen LogP contribution in [0, 0.1) is 5.92 Å². The maximum Gasteiger partial charge on any atom is 0.246 e. The highest BCUT2D eigenvalue weighted by Gasteiger charge is 2.28. The van der Waals surface area contributed by atoms with Gasteiger partial charge in [-0.2, -0.15) is 0 Å². The number of ether oxygens (including phenoxy) is 2. The average Bonchev–Trinajstić information content (AvgIpc) is 3.09. The molecule has 2 fully saturated rings. The Morgan fingerprint density at radius 3 is 2.94 bits per heavy atom. The summed E-state index contributed by atoms with van der Waals surface area (Å²) in [6.45, 7) is 7.14. The highest BCUT2D eigenvalue weighted by atomic mass is 16.5. The number of amides is 1. The summed E-state index contributed by atoms with van der Waals surface area (Å²) >= 11 is 0. The zero-order chi connectivity index (χ0) is 13.0. The first-order valence-electron chi connectivity index (χ1n) is 6.78. The molecule has 1 atom stereocenters. The third kappa shape index (κ3) is 4.92. The first-order valence-corrected chi connectivity index (χ1v) is 6.78. The lowest BCUT2D eigenvalue weighted by atomic mass is 10.1. The fourth-order valence-electron chi connectivity index (χ4n) is 2.08. The van der Waals surface area contributed by atoms with Crippen molar-refractivity contribution in [3.05, 3.63) is 0 Å². The van der Waals surface area contributed by atoms with Gasteiger partial charge in [0.05, 0.1) is 18.3 Å². The number of carbonyl (C=O) groups is 1. The highest BCUT2D eigenvalue weighted by Crippen LogP contribution is 2.27. The van der Waals surface area contributed by atoms with Gasteiger partial charge in [0, 0.05) is 19.6 Å². The van der Waals surface area contributed by atoms with Crippen molar-refractivity contribution in [1.29, 1.82) is 0 Å². The smallest absolute Gasteiger partial charge is 0.246 e. The highest BCUT2D eigenvalue weighted by molar-refractivity contribution is 5.77. The minimum absolute atomic E-state index is 0.0232. The molecule has 18 heavy (non-hydrogen) atoms. The minimum Gasteiger partial charge on any atom is -0.369 e. The third-order valence-corrected chi connectivity index (χ3v) is 3.23. The van der Waals surface area contributed by atoms with E-state index < -0.39 is 0 Å². The van der Waals surface area contributed by atoms with Gasteiger partial charge in [0.2, 0.25) is 5.91 Å². The topological polar surface area (TPSA) is 59.6 Å². The molecule has 5 nitrogen and oxygen atoms in total. The van der Waals surface area contributed by atoms with Crippen LogP contribution in [0.4, 0.5) is 0 Å². The van der Waals surface area contributed by atoms with E-state index in [9.17, 15) is 4.79 Å². The van der Waals surface area contributed by atoms with Crippen molar-refractivity contribution in [2.24, 2.45) is 5.92 Å². The monoisotopic (exact) mass is 256 g/mol. The molecule has 1 unspecified atom stereocenters. The van der Waals surface area contributed by atoms with Gasteiger partial charge in [-0.3, -0.25) is 4.79 Å². The Kier molecular flexibility index (Phi) is 4.59. The Morgan fingerprint density at radius 2 is 2.28 bits per heavy atom. The Balaban J connectivity index is 1.55. The van der Waals surface area contributed by atoms with Gasteiger partial charge >= 0.3 is 0 Å².